The lowest BCUT2D eigenvalue weighted by Crippen LogP contribution is -2.37. The average Bonchev–Trinajstić information content (AvgIpc) is 2.95. The number of fused-ring (bicyclic) bond motifs is 1. The number of hydrogen-bond donors (Lipinski definition) is 0. The third-order valence-corrected chi connectivity index (χ3v) is 6.00. The lowest BCUT2D eigenvalue weighted by atomic mass is 10.00. The highest BCUT2D eigenvalue weighted by Crippen LogP contribution is 2.31. The SMILES string of the molecule is CC(=O)N1CC2CSCCN2/C1=C/C(C)CCc1cccc(F)c1F. The topological polar surface area (TPSA) is 23.6 Å². The Balaban J connectivity index is 1.71. The van der Waals surface area contributed by atoms with Crippen LogP contribution in [0.4, 0.5) is 8.78 Å². The van der Waals surface area contributed by atoms with Crippen LogP contribution < -0.4 is 0 Å². The Kier molecular flexibility index (Phi) is 5.67. The minimum Gasteiger partial charge on any atom is -0.352 e. The highest BCUT2D eigenvalue weighted by molar-refractivity contribution is 7.99. The lowest BCUT2D eigenvalue weighted by Gasteiger charge is -2.31. The quantitative estimate of drug-likeness (QED) is 0.813. The fourth-order valence-corrected chi connectivity index (χ4v) is 4.56. The van der Waals surface area contributed by atoms with Crippen LogP contribution in [-0.4, -0.2) is 46.3 Å². The molecule has 3 rings (SSSR count). The van der Waals surface area contributed by atoms with Gasteiger partial charge in [-0.2, -0.15) is 11.8 Å². The molecule has 2 fully saturated rings. The summed E-state index contributed by atoms with van der Waals surface area (Å²) in [4.78, 5) is 16.2. The second-order valence-electron chi connectivity index (χ2n) is 6.81. The van der Waals surface area contributed by atoms with Gasteiger partial charge < -0.3 is 4.90 Å². The molecule has 0 aliphatic carbocycles. The molecule has 2 heterocycles. The normalized spacial score (nSPS) is 23.0. The summed E-state index contributed by atoms with van der Waals surface area (Å²) in [6.45, 7) is 5.37. The number of thioether (sulfide) groups is 1. The number of aryl methyl sites for hydroxylation is 1. The fourth-order valence-electron chi connectivity index (χ4n) is 3.51. The molecular formula is C19H24F2N2OS. The van der Waals surface area contributed by atoms with E-state index in [2.05, 4.69) is 17.9 Å². The molecule has 2 unspecified atom stereocenters. The van der Waals surface area contributed by atoms with Gasteiger partial charge in [0.2, 0.25) is 5.91 Å². The average molecular weight is 366 g/mol. The van der Waals surface area contributed by atoms with Crippen LogP contribution in [0.1, 0.15) is 25.8 Å². The minimum absolute atomic E-state index is 0.0639. The smallest absolute Gasteiger partial charge is 0.225 e. The van der Waals surface area contributed by atoms with Gasteiger partial charge in [0.15, 0.2) is 11.6 Å². The second kappa shape index (κ2) is 7.77. The van der Waals surface area contributed by atoms with Crippen molar-refractivity contribution in [3.63, 3.8) is 0 Å². The van der Waals surface area contributed by atoms with E-state index in [4.69, 9.17) is 0 Å². The van der Waals surface area contributed by atoms with E-state index >= 15 is 0 Å². The van der Waals surface area contributed by atoms with Gasteiger partial charge in [-0.3, -0.25) is 9.69 Å². The zero-order valence-electron chi connectivity index (χ0n) is 14.7. The summed E-state index contributed by atoms with van der Waals surface area (Å²) in [6, 6.07) is 4.71. The summed E-state index contributed by atoms with van der Waals surface area (Å²) in [5, 5.41) is 0. The molecule has 0 saturated carbocycles. The van der Waals surface area contributed by atoms with Crippen molar-refractivity contribution in [1.82, 2.24) is 9.80 Å². The fraction of sp³-hybridized carbons (Fsp3) is 0.526. The largest absolute Gasteiger partial charge is 0.352 e. The Bertz CT molecular complexity index is 679. The van der Waals surface area contributed by atoms with Gasteiger partial charge in [-0.1, -0.05) is 19.1 Å². The molecule has 2 atom stereocenters. The molecule has 1 aromatic carbocycles. The lowest BCUT2D eigenvalue weighted by molar-refractivity contribution is -0.126. The van der Waals surface area contributed by atoms with E-state index in [1.54, 1.807) is 19.1 Å². The first kappa shape index (κ1) is 18.2. The molecule has 0 radical (unpaired) electrons. The number of halogens is 2. The molecule has 2 aliphatic heterocycles. The molecule has 2 aliphatic rings. The van der Waals surface area contributed by atoms with Crippen LogP contribution in [0.2, 0.25) is 0 Å². The molecule has 2 saturated heterocycles. The first-order chi connectivity index (χ1) is 12.0. The Hall–Kier alpha value is -1.56. The summed E-state index contributed by atoms with van der Waals surface area (Å²) in [5.41, 5.74) is 0.410. The van der Waals surface area contributed by atoms with Gasteiger partial charge in [0.05, 0.1) is 6.04 Å². The summed E-state index contributed by atoms with van der Waals surface area (Å²) in [7, 11) is 0. The molecule has 1 amide bonds. The maximum absolute atomic E-state index is 13.8. The van der Waals surface area contributed by atoms with Gasteiger partial charge in [0.1, 0.15) is 5.82 Å². The van der Waals surface area contributed by atoms with Crippen LogP contribution in [0, 0.1) is 17.6 Å². The van der Waals surface area contributed by atoms with E-state index in [1.807, 2.05) is 16.7 Å². The first-order valence-corrected chi connectivity index (χ1v) is 9.90. The molecule has 6 heteroatoms. The molecule has 3 nitrogen and oxygen atoms in total. The first-order valence-electron chi connectivity index (χ1n) is 8.74. The van der Waals surface area contributed by atoms with Gasteiger partial charge in [-0.05, 0) is 36.5 Å². The van der Waals surface area contributed by atoms with Crippen LogP contribution in [-0.2, 0) is 11.2 Å². The maximum Gasteiger partial charge on any atom is 0.225 e. The zero-order chi connectivity index (χ0) is 18.0. The van der Waals surface area contributed by atoms with Crippen molar-refractivity contribution in [3.8, 4) is 0 Å². The molecular weight excluding hydrogens is 342 g/mol. The molecule has 136 valence electrons. The Morgan fingerprint density at radius 1 is 1.44 bits per heavy atom. The summed E-state index contributed by atoms with van der Waals surface area (Å²) in [5.74, 6) is 1.80. The van der Waals surface area contributed by atoms with Crippen molar-refractivity contribution in [2.75, 3.05) is 24.6 Å². The van der Waals surface area contributed by atoms with Crippen LogP contribution in [0.5, 0.6) is 0 Å². The predicted molar refractivity (Wildman–Crippen MR) is 97.1 cm³/mol. The van der Waals surface area contributed by atoms with E-state index < -0.39 is 11.6 Å². The summed E-state index contributed by atoms with van der Waals surface area (Å²) < 4.78 is 27.1. The molecule has 0 N–H and O–H groups in total. The van der Waals surface area contributed by atoms with E-state index in [9.17, 15) is 13.6 Å². The highest BCUT2D eigenvalue weighted by atomic mass is 32.2. The third kappa shape index (κ3) is 4.00. The number of carbonyl (C=O) groups is 1. The maximum atomic E-state index is 13.8. The van der Waals surface area contributed by atoms with Crippen molar-refractivity contribution < 1.29 is 13.6 Å². The van der Waals surface area contributed by atoms with Gasteiger partial charge in [-0.15, -0.1) is 0 Å². The Morgan fingerprint density at radius 3 is 3.00 bits per heavy atom. The minimum atomic E-state index is -0.796. The monoisotopic (exact) mass is 366 g/mol. The van der Waals surface area contributed by atoms with Crippen LogP contribution in [0.15, 0.2) is 30.1 Å². The van der Waals surface area contributed by atoms with Crippen molar-refractivity contribution in [2.45, 2.75) is 32.7 Å². The van der Waals surface area contributed by atoms with Crippen molar-refractivity contribution in [1.29, 1.82) is 0 Å². The number of benzene rings is 1. The van der Waals surface area contributed by atoms with Crippen LogP contribution >= 0.6 is 11.8 Å². The molecule has 25 heavy (non-hydrogen) atoms. The van der Waals surface area contributed by atoms with Crippen LogP contribution in [0.3, 0.4) is 0 Å². The van der Waals surface area contributed by atoms with Crippen molar-refractivity contribution in [3.05, 3.63) is 47.3 Å². The zero-order valence-corrected chi connectivity index (χ0v) is 15.5. The standard InChI is InChI=1S/C19H24F2N2OS/c1-13(6-7-15-4-3-5-17(20)19(15)21)10-18-22-8-9-25-12-16(22)11-23(18)14(2)24/h3-5,10,13,16H,6-9,11-12H2,1-2H3/b18-10-. The van der Waals surface area contributed by atoms with Gasteiger partial charge in [0, 0.05) is 31.5 Å². The molecule has 0 aromatic heterocycles. The number of amides is 1. The predicted octanol–water partition coefficient (Wildman–Crippen LogP) is 3.65. The third-order valence-electron chi connectivity index (χ3n) is 4.91. The number of carbonyl (C=O) groups excluding carboxylic acids is 1. The van der Waals surface area contributed by atoms with Gasteiger partial charge in [-0.25, -0.2) is 8.78 Å². The number of rotatable bonds is 4. The molecule has 0 spiro atoms. The Morgan fingerprint density at radius 2 is 2.24 bits per heavy atom. The number of allylic oxidation sites excluding steroid dienone is 1. The van der Waals surface area contributed by atoms with E-state index in [0.717, 1.165) is 36.5 Å². The van der Waals surface area contributed by atoms with E-state index in [-0.39, 0.29) is 11.8 Å². The number of nitrogens with zero attached hydrogens (tertiary/aromatic N) is 2. The number of hydrogen-bond acceptors (Lipinski definition) is 3. The second-order valence-corrected chi connectivity index (χ2v) is 7.96. The van der Waals surface area contributed by atoms with Crippen molar-refractivity contribution >= 4 is 17.7 Å². The van der Waals surface area contributed by atoms with Crippen molar-refractivity contribution in [2.24, 2.45) is 5.92 Å². The highest BCUT2D eigenvalue weighted by Gasteiger charge is 2.37. The summed E-state index contributed by atoms with van der Waals surface area (Å²) >= 11 is 1.93. The molecule has 1 aromatic rings. The van der Waals surface area contributed by atoms with E-state index in [0.29, 0.717) is 24.4 Å². The molecule has 0 bridgehead atoms. The van der Waals surface area contributed by atoms with E-state index in [1.165, 1.54) is 0 Å². The van der Waals surface area contributed by atoms with Gasteiger partial charge in [0.25, 0.3) is 0 Å². The summed E-state index contributed by atoms with van der Waals surface area (Å²) in [6.07, 6.45) is 3.31. The Labute approximate surface area is 152 Å². The van der Waals surface area contributed by atoms with Gasteiger partial charge >= 0.3 is 0 Å². The van der Waals surface area contributed by atoms with Crippen LogP contribution in [0.25, 0.3) is 0 Å².